The van der Waals surface area contributed by atoms with Gasteiger partial charge in [0.15, 0.2) is 0 Å². The summed E-state index contributed by atoms with van der Waals surface area (Å²) in [5.74, 6) is -29.0. The molecule has 15 atom stereocenters. The first-order valence-electron chi connectivity index (χ1n) is 47.7. The lowest BCUT2D eigenvalue weighted by atomic mass is 9.85. The number of benzene rings is 2. The van der Waals surface area contributed by atoms with Crippen molar-refractivity contribution in [2.24, 2.45) is 22.6 Å². The van der Waals surface area contributed by atoms with Crippen molar-refractivity contribution in [1.29, 1.82) is 0 Å². The minimum atomic E-state index is -2.29. The number of nitrogens with one attached hydrogen (secondary N) is 16. The van der Waals surface area contributed by atoms with Gasteiger partial charge >= 0.3 is 23.9 Å². The van der Waals surface area contributed by atoms with E-state index < -0.39 is 308 Å². The van der Waals surface area contributed by atoms with Crippen LogP contribution in [0.15, 0.2) is 85.7 Å². The first kappa shape index (κ1) is 119. The van der Waals surface area contributed by atoms with Gasteiger partial charge in [0.05, 0.1) is 64.4 Å². The van der Waals surface area contributed by atoms with Gasteiger partial charge in [-0.1, -0.05) is 54.5 Å². The zero-order chi connectivity index (χ0) is 110. The van der Waals surface area contributed by atoms with Crippen LogP contribution in [0.3, 0.4) is 0 Å². The number of hydrogen-bond donors (Lipinski definition) is 24. The lowest BCUT2D eigenvalue weighted by molar-refractivity contribution is -0.143. The molecule has 57 heteroatoms. The van der Waals surface area contributed by atoms with Crippen molar-refractivity contribution in [3.63, 3.8) is 0 Å². The number of alkyl halides is 1. The average Bonchev–Trinajstić information content (AvgIpc) is 1.65. The maximum absolute atomic E-state index is 16.4. The number of carboxylic acid groups (broad SMARTS) is 4. The number of rotatable bonds is 41. The molecule has 2 aromatic carbocycles. The second-order valence-corrected chi connectivity index (χ2v) is 40.0. The lowest BCUT2D eigenvalue weighted by Gasteiger charge is -2.34. The molecule has 6 aromatic rings. The molecule has 0 unspecified atom stereocenters. The number of primary amides is 3. The predicted molar refractivity (Wildman–Crippen MR) is 529 cm³/mol. The third-order valence-electron chi connectivity index (χ3n) is 24.5. The number of carboxylic acids is 4. The molecule has 816 valence electrons. The Morgan fingerprint density at radius 1 is 0.547 bits per heavy atom. The van der Waals surface area contributed by atoms with Crippen LogP contribution in [-0.2, 0) is 126 Å². The van der Waals surface area contributed by atoms with Crippen molar-refractivity contribution < 1.29 is 139 Å². The second kappa shape index (κ2) is 56.4. The minimum Gasteiger partial charge on any atom is -0.481 e. The van der Waals surface area contributed by atoms with Crippen LogP contribution in [0, 0.1) is 17.0 Å². The number of nitrogens with zero attached hydrogens (tertiary/aromatic N) is 7. The van der Waals surface area contributed by atoms with E-state index in [1.165, 1.54) is 82.0 Å². The number of halogens is 3. The Bertz CT molecular complexity index is 5830. The number of aliphatic carboxylic acids is 4. The van der Waals surface area contributed by atoms with Crippen molar-refractivity contribution in [2.75, 3.05) is 103 Å². The Labute approximate surface area is 863 Å². The molecule has 3 aliphatic rings. The molecule has 0 spiro atoms. The van der Waals surface area contributed by atoms with Crippen LogP contribution in [0.25, 0.3) is 21.9 Å². The van der Waals surface area contributed by atoms with Gasteiger partial charge in [0, 0.05) is 156 Å². The van der Waals surface area contributed by atoms with Crippen LogP contribution >= 0.6 is 21.6 Å². The summed E-state index contributed by atoms with van der Waals surface area (Å²) in [4.78, 5) is 319. The van der Waals surface area contributed by atoms with Crippen LogP contribution in [0.1, 0.15) is 102 Å². The molecule has 0 aliphatic carbocycles. The molecular formula is C93H125F3N26O26S2. The van der Waals surface area contributed by atoms with Crippen molar-refractivity contribution in [2.45, 2.75) is 196 Å². The van der Waals surface area contributed by atoms with Crippen LogP contribution in [0.2, 0.25) is 0 Å². The monoisotopic (exact) mass is 2140 g/mol. The first-order valence-corrected chi connectivity index (χ1v) is 50.2. The lowest BCUT2D eigenvalue weighted by Crippen LogP contribution is -2.64. The number of carbonyl (C=O) groups excluding carboxylic acids is 17. The molecule has 9 rings (SSSR count). The number of aliphatic hydroxyl groups is 1. The van der Waals surface area contributed by atoms with E-state index in [0.29, 0.717) is 43.4 Å². The predicted octanol–water partition coefficient (Wildman–Crippen LogP) is -6.61. The van der Waals surface area contributed by atoms with Gasteiger partial charge in [0.25, 0.3) is 0 Å². The molecule has 27 N–H and O–H groups in total. The first-order chi connectivity index (χ1) is 70.9. The van der Waals surface area contributed by atoms with Gasteiger partial charge in [0.1, 0.15) is 102 Å². The fourth-order valence-corrected chi connectivity index (χ4v) is 19.1. The van der Waals surface area contributed by atoms with Crippen molar-refractivity contribution in [3.8, 4) is 0 Å². The maximum Gasteiger partial charge on any atom is 0.317 e. The third-order valence-corrected chi connectivity index (χ3v) is 26.9. The summed E-state index contributed by atoms with van der Waals surface area (Å²) >= 11 is 0. The number of unbranched alkanes of at least 4 members (excludes halogenated alkanes) is 1. The summed E-state index contributed by atoms with van der Waals surface area (Å²) < 4.78 is 45.5. The fourth-order valence-electron chi connectivity index (χ4n) is 16.8. The van der Waals surface area contributed by atoms with Crippen LogP contribution < -0.4 is 86.3 Å². The molecule has 0 radical (unpaired) electrons. The van der Waals surface area contributed by atoms with Gasteiger partial charge in [0.2, 0.25) is 100 Å². The Morgan fingerprint density at radius 2 is 1.07 bits per heavy atom. The summed E-state index contributed by atoms with van der Waals surface area (Å²) in [7, 11) is 1.13. The highest BCUT2D eigenvalue weighted by Gasteiger charge is 2.46. The number of aromatic amines is 3. The van der Waals surface area contributed by atoms with E-state index in [1.54, 1.807) is 25.7 Å². The number of aromatic nitrogens is 5. The highest BCUT2D eigenvalue weighted by atomic mass is 33.1. The van der Waals surface area contributed by atoms with E-state index in [0.717, 1.165) is 37.2 Å². The van der Waals surface area contributed by atoms with Crippen LogP contribution in [0.4, 0.5) is 13.2 Å². The van der Waals surface area contributed by atoms with E-state index in [4.69, 9.17) is 17.2 Å². The Kier molecular flexibility index (Phi) is 44.6. The Hall–Kier alpha value is -15.0. The molecule has 0 saturated carbocycles. The van der Waals surface area contributed by atoms with E-state index in [2.05, 4.69) is 94.0 Å². The quantitative estimate of drug-likeness (QED) is 0.0125. The minimum absolute atomic E-state index is 0.0256. The summed E-state index contributed by atoms with van der Waals surface area (Å²) in [5.41, 5.74) is 17.1. The molecule has 7 heterocycles. The number of fused-ring (bicyclic) bond motifs is 2. The van der Waals surface area contributed by atoms with Crippen molar-refractivity contribution in [3.05, 3.63) is 120 Å². The SMILES string of the molecule is CC(=O)N[C@@H](Cc1c[nH]c2ccc(F)cc12)C(=O)N[C@H](C(=O)N[C@H](C(=O)N[C@H]1CSSC[C@@H](C(=O)N[C@@H](Cc2c[nH]c3ncccc23)C(=O)N2C[C@H](F)C[C@H]2C(=O)N[C@H](CCCCNC(=O)CN2CCN(CC(=O)O)CCN(CC(=O)O)CCN(CC(=O)O)CC2)C(N)=O)NC(=O)[C@H](CC(=O)O)NC(=O)[C@H](Cc2cnc[nH]2)NC(=O)[C@H](Cc2ccc(F)cc2)NC(=O)[C@H](CC(N)=O)NC(=O)[C@H](CC(N)=O)NC1=O)C(C)(C)C)[C@@H](C)O. The van der Waals surface area contributed by atoms with E-state index in [1.807, 2.05) is 0 Å². The Morgan fingerprint density at radius 3 is 1.61 bits per heavy atom. The number of amides is 17. The van der Waals surface area contributed by atoms with E-state index >= 15 is 38.0 Å². The summed E-state index contributed by atoms with van der Waals surface area (Å²) in [6.45, 7) is 5.06. The summed E-state index contributed by atoms with van der Waals surface area (Å²) in [6, 6.07) is -14.2. The number of nitrogens with two attached hydrogens (primary N) is 3. The average molecular weight is 2140 g/mol. The van der Waals surface area contributed by atoms with E-state index in [-0.39, 0.29) is 120 Å². The Balaban J connectivity index is 1.04. The molecule has 3 aliphatic heterocycles. The van der Waals surface area contributed by atoms with Gasteiger partial charge in [-0.2, -0.15) is 0 Å². The van der Waals surface area contributed by atoms with Gasteiger partial charge in [-0.15, -0.1) is 0 Å². The highest BCUT2D eigenvalue weighted by molar-refractivity contribution is 8.76. The fraction of sp³-hybridized carbons (Fsp3) is 0.516. The maximum atomic E-state index is 16.4. The standard InChI is InChI=1S/C93H125F3N26O26S2/c1-47(123)77(116-86(142)61(106-48(2)124)28-51-36-103-58-16-15-53(95)30-57(51)58)90(146)117-78(93(3,4)5)91(147)115-68-45-150-149-44-67(114-85(141)65(35-73(128)129)112-82(138)62(32-55-38-100-46-105-55)109-81(137)60(27-49-11-13-52(94)14-12-49)108-83(139)63(33-70(97)125)110-84(140)64(34-71(98)126)111-87(68)143)88(144)113-66(29-50-37-104-80-56(50)9-8-18-102-80)92(148)122-39-54(96)31-69(122)89(145)107-59(79(99)136)10-6-7-17-101-72(127)40-118-19-21-119(41-74(130)131)23-25-121(43-76(134)135)26-24-120(22-20-118)42-75(132)133/h8-9,11-16,18,30,36-38,46-47,54,59-69,77-78,103,123H,6-7,10,17,19-29,31-35,39-45H2,1-5H3,(H2,97,125)(H2,98,126)(H2,99,136)(H,100,105)(H,101,127)(H,102,104)(H,106,124)(H,107,145)(H,108,139)(H,109,137)(H,110,140)(H,111,143)(H,112,138)(H,113,144)(H,114,141)(H,115,147)(H,116,142)(H,117,146)(H,128,129)(H,130,131)(H,132,133)(H,134,135)/t47-,54-,59-,60+,61+,62+,63+,64+,65+,66+,67+,68+,69+,77+,78-/m1/s1. The molecule has 0 bridgehead atoms. The van der Waals surface area contributed by atoms with Crippen molar-refractivity contribution in [1.82, 2.24) is 119 Å². The number of imidazole rings is 1. The number of hydrogen-bond acceptors (Lipinski definition) is 30. The molecule has 17 amide bonds. The normalized spacial score (nSPS) is 21.1. The molecule has 4 aromatic heterocycles. The van der Waals surface area contributed by atoms with Gasteiger partial charge in [-0.25, -0.2) is 23.1 Å². The number of H-pyrrole nitrogens is 3. The summed E-state index contributed by atoms with van der Waals surface area (Å²) in [6.07, 6.45) is -3.59. The number of aliphatic hydroxyl groups excluding tert-OH is 1. The number of likely N-dealkylation sites (tertiary alicyclic amines) is 1. The van der Waals surface area contributed by atoms with Crippen molar-refractivity contribution >= 4 is 168 Å². The number of pyridine rings is 1. The molecule has 150 heavy (non-hydrogen) atoms. The molecular weight excluding hydrogens is 2020 g/mol. The topological polar surface area (TPSA) is 783 Å². The van der Waals surface area contributed by atoms with Crippen LogP contribution in [0.5, 0.6) is 0 Å². The van der Waals surface area contributed by atoms with Crippen LogP contribution in [-0.4, -0.2) is 393 Å². The van der Waals surface area contributed by atoms with Gasteiger partial charge < -0.3 is 132 Å². The smallest absolute Gasteiger partial charge is 0.317 e. The molecule has 3 fully saturated rings. The van der Waals surface area contributed by atoms with Gasteiger partial charge in [-0.3, -0.25) is 120 Å². The summed E-state index contributed by atoms with van der Waals surface area (Å²) in [5, 5.41) is 83.0. The largest absolute Gasteiger partial charge is 0.481 e. The second-order valence-electron chi connectivity index (χ2n) is 37.5. The zero-order valence-electron chi connectivity index (χ0n) is 82.5. The molecule has 52 nitrogen and oxygen atoms in total. The number of carbonyl (C=O) groups is 21. The zero-order valence-corrected chi connectivity index (χ0v) is 84.1. The molecule has 3 saturated heterocycles. The third kappa shape index (κ3) is 37.4. The highest BCUT2D eigenvalue weighted by Crippen LogP contribution is 2.29. The van der Waals surface area contributed by atoms with E-state index in [9.17, 15) is 101 Å². The van der Waals surface area contributed by atoms with Gasteiger partial charge in [-0.05, 0) is 90.8 Å².